The molecule has 28 heavy (non-hydrogen) atoms. The second kappa shape index (κ2) is 7.12. The summed E-state index contributed by atoms with van der Waals surface area (Å²) >= 11 is 0. The van der Waals surface area contributed by atoms with E-state index in [9.17, 15) is 0 Å². The maximum atomic E-state index is 8.49. The fraction of sp³-hybridized carbons (Fsp3) is 0.200. The topological polar surface area (TPSA) is 113 Å². The number of para-hydroxylation sites is 1. The first-order valence-electron chi connectivity index (χ1n) is 8.83. The summed E-state index contributed by atoms with van der Waals surface area (Å²) in [5.41, 5.74) is 7.54. The molecule has 0 amide bonds. The molecule has 2 aromatic carbocycles. The van der Waals surface area contributed by atoms with Gasteiger partial charge in [0.1, 0.15) is 11.0 Å². The maximum Gasteiger partial charge on any atom is 0.405 e. The Bertz CT molecular complexity index is 1150. The molecule has 3 heterocycles. The van der Waals surface area contributed by atoms with Gasteiger partial charge in [-0.15, -0.1) is 10.2 Å². The molecule has 0 saturated heterocycles. The van der Waals surface area contributed by atoms with E-state index < -0.39 is 10.2 Å². The number of rotatable bonds is 1. The highest BCUT2D eigenvalue weighted by molar-refractivity contribution is 5.79. The van der Waals surface area contributed by atoms with Crippen molar-refractivity contribution < 1.29 is 33.4 Å². The zero-order valence-electron chi connectivity index (χ0n) is 15.2. The Balaban J connectivity index is 0.000000346. The number of halogens is 1. The van der Waals surface area contributed by atoms with Crippen LogP contribution in [0.25, 0.3) is 28.1 Å². The van der Waals surface area contributed by atoms with Crippen molar-refractivity contribution >= 4 is 16.8 Å². The van der Waals surface area contributed by atoms with Crippen molar-refractivity contribution in [2.45, 2.75) is 26.3 Å². The van der Waals surface area contributed by atoms with Crippen LogP contribution in [0.15, 0.2) is 54.6 Å². The minimum Gasteiger partial charge on any atom is -0.224 e. The molecular formula is C20H18ClN3O4. The lowest BCUT2D eigenvalue weighted by Crippen LogP contribution is -2.68. The average Bonchev–Trinajstić information content (AvgIpc) is 2.98. The minimum absolute atomic E-state index is 1.05. The Morgan fingerprint density at radius 3 is 2.43 bits per heavy atom. The molecule has 0 N–H and O–H groups in total. The number of imidazole rings is 1. The van der Waals surface area contributed by atoms with Crippen LogP contribution in [-0.4, -0.2) is 9.38 Å². The standard InChI is InChI=1S/C20H18N3.ClHO4/c1-14-13-17(15-7-3-2-4-8-15)21-20-22-12-6-10-16-9-5-11-18(19(16)22)23(14)20;2-1(3,4)5/h2-5,7-9,11,13H,6,10,12H2,1H3;(H,2,3,4,5)/q+1;/p-1. The van der Waals surface area contributed by atoms with Crippen LogP contribution in [0, 0.1) is 17.2 Å². The number of benzene rings is 2. The third-order valence-electron chi connectivity index (χ3n) is 4.87. The van der Waals surface area contributed by atoms with E-state index in [1.54, 1.807) is 0 Å². The number of fused-ring (bicyclic) bond motifs is 3. The van der Waals surface area contributed by atoms with Gasteiger partial charge in [-0.2, -0.15) is 4.40 Å². The second-order valence-electron chi connectivity index (χ2n) is 6.70. The Morgan fingerprint density at radius 1 is 1.00 bits per heavy atom. The van der Waals surface area contributed by atoms with Gasteiger partial charge in [-0.05, 0) is 31.4 Å². The van der Waals surface area contributed by atoms with Crippen LogP contribution in [-0.2, 0) is 13.0 Å². The maximum absolute atomic E-state index is 8.49. The molecule has 7 nitrogen and oxygen atoms in total. The summed E-state index contributed by atoms with van der Waals surface area (Å²) in [6, 6.07) is 19.3. The molecule has 0 unspecified atom stereocenters. The van der Waals surface area contributed by atoms with Crippen molar-refractivity contribution in [3.63, 3.8) is 0 Å². The second-order valence-corrected chi connectivity index (χ2v) is 7.46. The molecule has 144 valence electrons. The predicted octanol–water partition coefficient (Wildman–Crippen LogP) is -1.06. The van der Waals surface area contributed by atoms with Crippen molar-refractivity contribution in [3.05, 3.63) is 65.9 Å². The fourth-order valence-corrected chi connectivity index (χ4v) is 3.86. The van der Waals surface area contributed by atoms with Crippen LogP contribution in [0.5, 0.6) is 0 Å². The summed E-state index contributed by atoms with van der Waals surface area (Å²) < 4.78 is 38.7. The summed E-state index contributed by atoms with van der Waals surface area (Å²) in [6.45, 7) is 3.23. The largest absolute Gasteiger partial charge is 0.405 e. The first kappa shape index (κ1) is 18.8. The molecule has 4 aromatic rings. The van der Waals surface area contributed by atoms with E-state index in [2.05, 4.69) is 64.4 Å². The lowest BCUT2D eigenvalue weighted by atomic mass is 10.0. The number of nitrogens with zero attached hydrogens (tertiary/aromatic N) is 3. The number of aryl methyl sites for hydroxylation is 3. The molecule has 1 aliphatic heterocycles. The Labute approximate surface area is 163 Å². The highest BCUT2D eigenvalue weighted by Crippen LogP contribution is 2.26. The van der Waals surface area contributed by atoms with E-state index in [0.717, 1.165) is 18.0 Å². The SMILES string of the molecule is Cc1cc(-c2ccccc2)nc2n1c1cccc3c1[n+]2CCC3.[O-][Cl+3]([O-])([O-])[O-]. The van der Waals surface area contributed by atoms with Crippen LogP contribution >= 0.6 is 0 Å². The van der Waals surface area contributed by atoms with Crippen molar-refractivity contribution in [2.75, 3.05) is 0 Å². The molecular weight excluding hydrogens is 382 g/mol. The summed E-state index contributed by atoms with van der Waals surface area (Å²) in [7, 11) is -4.94. The monoisotopic (exact) mass is 399 g/mol. The zero-order valence-corrected chi connectivity index (χ0v) is 15.9. The highest BCUT2D eigenvalue weighted by atomic mass is 35.7. The molecule has 0 fully saturated rings. The van der Waals surface area contributed by atoms with Gasteiger partial charge in [-0.25, -0.2) is 23.2 Å². The third-order valence-corrected chi connectivity index (χ3v) is 4.87. The van der Waals surface area contributed by atoms with Gasteiger partial charge in [0, 0.05) is 11.6 Å². The van der Waals surface area contributed by atoms with Crippen molar-refractivity contribution in [1.29, 1.82) is 0 Å². The van der Waals surface area contributed by atoms with Crippen molar-refractivity contribution in [1.82, 2.24) is 9.38 Å². The van der Waals surface area contributed by atoms with Gasteiger partial charge in [0.25, 0.3) is 0 Å². The van der Waals surface area contributed by atoms with E-state index >= 15 is 0 Å². The number of aromatic nitrogens is 3. The molecule has 5 rings (SSSR count). The van der Waals surface area contributed by atoms with Gasteiger partial charge in [0.15, 0.2) is 5.69 Å². The summed E-state index contributed by atoms with van der Waals surface area (Å²) in [5.74, 6) is 1.06. The molecule has 1 aliphatic rings. The lowest BCUT2D eigenvalue weighted by molar-refractivity contribution is -2.00. The zero-order chi connectivity index (χ0) is 19.9. The van der Waals surface area contributed by atoms with Crippen LogP contribution in [0.2, 0.25) is 0 Å². The predicted molar refractivity (Wildman–Crippen MR) is 91.4 cm³/mol. The third kappa shape index (κ3) is 3.58. The number of hydrogen-bond acceptors (Lipinski definition) is 5. The van der Waals surface area contributed by atoms with Gasteiger partial charge < -0.3 is 0 Å². The molecule has 8 heteroatoms. The van der Waals surface area contributed by atoms with E-state index in [-0.39, 0.29) is 0 Å². The molecule has 0 saturated carbocycles. The molecule has 0 aliphatic carbocycles. The van der Waals surface area contributed by atoms with Gasteiger partial charge >= 0.3 is 5.78 Å². The molecule has 0 radical (unpaired) electrons. The minimum atomic E-state index is -4.94. The quantitative estimate of drug-likeness (QED) is 0.378. The van der Waals surface area contributed by atoms with Gasteiger partial charge in [0.05, 0.1) is 12.2 Å². The van der Waals surface area contributed by atoms with E-state index in [1.165, 1.54) is 40.7 Å². The Morgan fingerprint density at radius 2 is 1.71 bits per heavy atom. The highest BCUT2D eigenvalue weighted by Gasteiger charge is 2.26. The summed E-state index contributed by atoms with van der Waals surface area (Å²) in [5, 5.41) is 0. The normalized spacial score (nSPS) is 13.5. The molecule has 0 bridgehead atoms. The summed E-state index contributed by atoms with van der Waals surface area (Å²) in [4.78, 5) is 5.02. The lowest BCUT2D eigenvalue weighted by Gasteiger charge is -2.17. The van der Waals surface area contributed by atoms with Gasteiger partial charge in [-0.3, -0.25) is 0 Å². The molecule has 0 atom stereocenters. The average molecular weight is 400 g/mol. The first-order chi connectivity index (χ1) is 13.3. The van der Waals surface area contributed by atoms with Crippen molar-refractivity contribution in [3.8, 4) is 11.3 Å². The van der Waals surface area contributed by atoms with E-state index in [4.69, 9.17) is 23.6 Å². The van der Waals surface area contributed by atoms with Gasteiger partial charge in [0.2, 0.25) is 0 Å². The molecule has 0 spiro atoms. The Hall–Kier alpha value is -2.55. The fourth-order valence-electron chi connectivity index (χ4n) is 3.86. The van der Waals surface area contributed by atoms with Crippen LogP contribution in [0.1, 0.15) is 17.7 Å². The molecule has 2 aromatic heterocycles. The summed E-state index contributed by atoms with van der Waals surface area (Å²) in [6.07, 6.45) is 2.35. The van der Waals surface area contributed by atoms with Gasteiger partial charge in [-0.1, -0.05) is 47.4 Å². The number of hydrogen-bond donors (Lipinski definition) is 0. The van der Waals surface area contributed by atoms with Crippen LogP contribution < -0.4 is 23.2 Å². The van der Waals surface area contributed by atoms with E-state index in [1.807, 2.05) is 6.07 Å². The van der Waals surface area contributed by atoms with E-state index in [0.29, 0.717) is 0 Å². The Kier molecular flexibility index (Phi) is 4.78. The van der Waals surface area contributed by atoms with Crippen LogP contribution in [0.3, 0.4) is 0 Å². The smallest absolute Gasteiger partial charge is 0.224 e. The van der Waals surface area contributed by atoms with Crippen LogP contribution in [0.4, 0.5) is 0 Å². The first-order valence-corrected chi connectivity index (χ1v) is 10.1. The van der Waals surface area contributed by atoms with Crippen molar-refractivity contribution in [2.24, 2.45) is 0 Å².